The first kappa shape index (κ1) is 13.2. The number of amides is 1. The molecular formula is C15H16ClN3O. The van der Waals surface area contributed by atoms with Crippen molar-refractivity contribution in [1.29, 1.82) is 0 Å². The zero-order valence-corrected chi connectivity index (χ0v) is 12.0. The van der Waals surface area contributed by atoms with Crippen LogP contribution in [0.5, 0.6) is 0 Å². The topological polar surface area (TPSA) is 38.1 Å². The van der Waals surface area contributed by atoms with E-state index in [9.17, 15) is 4.79 Å². The molecule has 0 saturated carbocycles. The van der Waals surface area contributed by atoms with Crippen LogP contribution in [-0.2, 0) is 12.4 Å². The van der Waals surface area contributed by atoms with Gasteiger partial charge in [-0.1, -0.05) is 30.3 Å². The summed E-state index contributed by atoms with van der Waals surface area (Å²) in [5, 5.41) is 4.38. The SMILES string of the molecule is C[C@H]1CN(Cc2ccccc2)C(=O)c2cc(CCl)nn21. The Kier molecular flexibility index (Phi) is 3.49. The van der Waals surface area contributed by atoms with Crippen LogP contribution in [-0.4, -0.2) is 27.1 Å². The summed E-state index contributed by atoms with van der Waals surface area (Å²) >= 11 is 5.81. The van der Waals surface area contributed by atoms with Gasteiger partial charge in [0, 0.05) is 13.1 Å². The smallest absolute Gasteiger partial charge is 0.272 e. The summed E-state index contributed by atoms with van der Waals surface area (Å²) in [6.07, 6.45) is 0. The first-order chi connectivity index (χ1) is 9.69. The van der Waals surface area contributed by atoms with Gasteiger partial charge >= 0.3 is 0 Å². The molecular weight excluding hydrogens is 274 g/mol. The Balaban J connectivity index is 1.87. The van der Waals surface area contributed by atoms with Crippen molar-refractivity contribution in [1.82, 2.24) is 14.7 Å². The van der Waals surface area contributed by atoms with Crippen LogP contribution in [0.1, 0.15) is 34.7 Å². The third-order valence-corrected chi connectivity index (χ3v) is 3.82. The molecule has 0 N–H and O–H groups in total. The number of hydrogen-bond acceptors (Lipinski definition) is 2. The monoisotopic (exact) mass is 289 g/mol. The number of aromatic nitrogens is 2. The Morgan fingerprint density at radius 3 is 2.80 bits per heavy atom. The Morgan fingerprint density at radius 1 is 1.35 bits per heavy atom. The van der Waals surface area contributed by atoms with Crippen molar-refractivity contribution < 1.29 is 4.79 Å². The Hall–Kier alpha value is -1.81. The molecule has 1 aromatic heterocycles. The minimum atomic E-state index is 0.0239. The Bertz CT molecular complexity index is 623. The molecule has 1 aliphatic heterocycles. The van der Waals surface area contributed by atoms with Gasteiger partial charge in [0.2, 0.25) is 0 Å². The highest BCUT2D eigenvalue weighted by Gasteiger charge is 2.30. The second kappa shape index (κ2) is 5.29. The molecule has 1 amide bonds. The van der Waals surface area contributed by atoms with E-state index in [1.807, 2.05) is 35.2 Å². The summed E-state index contributed by atoms with van der Waals surface area (Å²) < 4.78 is 1.79. The van der Waals surface area contributed by atoms with Crippen LogP contribution in [0.25, 0.3) is 0 Å². The zero-order valence-electron chi connectivity index (χ0n) is 11.3. The van der Waals surface area contributed by atoms with Gasteiger partial charge in [-0.15, -0.1) is 11.6 Å². The van der Waals surface area contributed by atoms with Crippen LogP contribution in [0.15, 0.2) is 36.4 Å². The van der Waals surface area contributed by atoms with E-state index in [0.717, 1.165) is 11.3 Å². The van der Waals surface area contributed by atoms with E-state index in [-0.39, 0.29) is 11.9 Å². The fraction of sp³-hybridized carbons (Fsp3) is 0.333. The van der Waals surface area contributed by atoms with Crippen molar-refractivity contribution in [3.63, 3.8) is 0 Å². The molecule has 0 unspecified atom stereocenters. The number of nitrogens with zero attached hydrogens (tertiary/aromatic N) is 3. The average molecular weight is 290 g/mol. The highest BCUT2D eigenvalue weighted by molar-refractivity contribution is 6.17. The summed E-state index contributed by atoms with van der Waals surface area (Å²) in [5.41, 5.74) is 2.53. The standard InChI is InChI=1S/C15H16ClN3O/c1-11-9-18(10-12-5-3-2-4-6-12)15(20)14-7-13(8-16)17-19(11)14/h2-7,11H,8-10H2,1H3/t11-/m0/s1. The maximum atomic E-state index is 12.5. The minimum Gasteiger partial charge on any atom is -0.331 e. The largest absolute Gasteiger partial charge is 0.331 e. The maximum Gasteiger partial charge on any atom is 0.272 e. The highest BCUT2D eigenvalue weighted by Crippen LogP contribution is 2.23. The summed E-state index contributed by atoms with van der Waals surface area (Å²) in [4.78, 5) is 14.4. The molecule has 0 radical (unpaired) electrons. The van der Waals surface area contributed by atoms with Crippen LogP contribution in [0.4, 0.5) is 0 Å². The fourth-order valence-corrected chi connectivity index (χ4v) is 2.72. The zero-order chi connectivity index (χ0) is 14.1. The van der Waals surface area contributed by atoms with Gasteiger partial charge in [0.15, 0.2) is 0 Å². The molecule has 2 aromatic rings. The summed E-state index contributed by atoms with van der Waals surface area (Å²) in [5.74, 6) is 0.356. The predicted molar refractivity (Wildman–Crippen MR) is 77.7 cm³/mol. The molecule has 1 aromatic carbocycles. The summed E-state index contributed by atoms with van der Waals surface area (Å²) in [7, 11) is 0. The quantitative estimate of drug-likeness (QED) is 0.815. The van der Waals surface area contributed by atoms with Crippen molar-refractivity contribution in [2.45, 2.75) is 25.4 Å². The van der Waals surface area contributed by atoms with Crippen molar-refractivity contribution in [2.75, 3.05) is 6.54 Å². The normalized spacial score (nSPS) is 18.2. The van der Waals surface area contributed by atoms with Crippen LogP contribution in [0, 0.1) is 0 Å². The van der Waals surface area contributed by atoms with Crippen molar-refractivity contribution in [2.24, 2.45) is 0 Å². The van der Waals surface area contributed by atoms with E-state index in [4.69, 9.17) is 11.6 Å². The Labute approximate surface area is 123 Å². The molecule has 1 atom stereocenters. The van der Waals surface area contributed by atoms with Crippen molar-refractivity contribution in [3.05, 3.63) is 53.3 Å². The first-order valence-electron chi connectivity index (χ1n) is 6.66. The average Bonchev–Trinajstić information content (AvgIpc) is 2.91. The lowest BCUT2D eigenvalue weighted by Gasteiger charge is -2.31. The molecule has 20 heavy (non-hydrogen) atoms. The second-order valence-corrected chi connectivity index (χ2v) is 5.39. The van der Waals surface area contributed by atoms with E-state index >= 15 is 0 Å². The number of fused-ring (bicyclic) bond motifs is 1. The number of carbonyl (C=O) groups excluding carboxylic acids is 1. The van der Waals surface area contributed by atoms with Gasteiger partial charge in [0.05, 0.1) is 17.6 Å². The molecule has 3 rings (SSSR count). The number of hydrogen-bond donors (Lipinski definition) is 0. The minimum absolute atomic E-state index is 0.0239. The molecule has 0 spiro atoms. The predicted octanol–water partition coefficient (Wildman–Crippen LogP) is 2.84. The molecule has 2 heterocycles. The van der Waals surface area contributed by atoms with Crippen molar-refractivity contribution >= 4 is 17.5 Å². The van der Waals surface area contributed by atoms with Gasteiger partial charge in [0.25, 0.3) is 5.91 Å². The van der Waals surface area contributed by atoms with Crippen LogP contribution in [0.2, 0.25) is 0 Å². The molecule has 0 bridgehead atoms. The third kappa shape index (κ3) is 2.31. The molecule has 0 fully saturated rings. The lowest BCUT2D eigenvalue weighted by atomic mass is 10.1. The number of rotatable bonds is 3. The van der Waals surface area contributed by atoms with Gasteiger partial charge in [0.1, 0.15) is 5.69 Å². The van der Waals surface area contributed by atoms with E-state index in [1.165, 1.54) is 0 Å². The first-order valence-corrected chi connectivity index (χ1v) is 7.20. The summed E-state index contributed by atoms with van der Waals surface area (Å²) in [6, 6.07) is 12.0. The maximum absolute atomic E-state index is 12.5. The highest BCUT2D eigenvalue weighted by atomic mass is 35.5. The molecule has 4 nitrogen and oxygen atoms in total. The lowest BCUT2D eigenvalue weighted by molar-refractivity contribution is 0.0651. The van der Waals surface area contributed by atoms with Gasteiger partial charge < -0.3 is 4.90 Å². The fourth-order valence-electron chi connectivity index (χ4n) is 2.59. The third-order valence-electron chi connectivity index (χ3n) is 3.55. The van der Waals surface area contributed by atoms with E-state index in [0.29, 0.717) is 24.7 Å². The van der Waals surface area contributed by atoms with E-state index in [1.54, 1.807) is 10.7 Å². The van der Waals surface area contributed by atoms with Crippen molar-refractivity contribution in [3.8, 4) is 0 Å². The Morgan fingerprint density at radius 2 is 2.10 bits per heavy atom. The van der Waals surface area contributed by atoms with Crippen LogP contribution in [0.3, 0.4) is 0 Å². The number of alkyl halides is 1. The van der Waals surface area contributed by atoms with Gasteiger partial charge in [-0.05, 0) is 18.6 Å². The molecule has 0 aliphatic carbocycles. The molecule has 5 heteroatoms. The van der Waals surface area contributed by atoms with Gasteiger partial charge in [-0.3, -0.25) is 9.48 Å². The van der Waals surface area contributed by atoms with Crippen LogP contribution >= 0.6 is 11.6 Å². The molecule has 104 valence electrons. The molecule has 1 aliphatic rings. The lowest BCUT2D eigenvalue weighted by Crippen LogP contribution is -2.41. The van der Waals surface area contributed by atoms with Gasteiger partial charge in [-0.2, -0.15) is 5.10 Å². The molecule has 0 saturated heterocycles. The second-order valence-electron chi connectivity index (χ2n) is 5.12. The van der Waals surface area contributed by atoms with Gasteiger partial charge in [-0.25, -0.2) is 0 Å². The number of benzene rings is 1. The van der Waals surface area contributed by atoms with E-state index < -0.39 is 0 Å². The van der Waals surface area contributed by atoms with E-state index in [2.05, 4.69) is 12.0 Å². The number of carbonyl (C=O) groups is 1. The number of halogens is 1. The van der Waals surface area contributed by atoms with Crippen LogP contribution < -0.4 is 0 Å². The summed E-state index contributed by atoms with van der Waals surface area (Å²) in [6.45, 7) is 3.37.